The lowest BCUT2D eigenvalue weighted by atomic mass is 10.00. The number of alkyl halides is 3. The van der Waals surface area contributed by atoms with Crippen LogP contribution in [0.15, 0.2) is 42.7 Å². The highest BCUT2D eigenvalue weighted by molar-refractivity contribution is 6.04. The molecule has 2 aromatic heterocycles. The summed E-state index contributed by atoms with van der Waals surface area (Å²) in [5.74, 6) is -0.460. The van der Waals surface area contributed by atoms with Crippen LogP contribution in [0.3, 0.4) is 0 Å². The van der Waals surface area contributed by atoms with Gasteiger partial charge in [0.05, 0.1) is 49.9 Å². The quantitative estimate of drug-likeness (QED) is 0.505. The Morgan fingerprint density at radius 3 is 2.82 bits per heavy atom. The van der Waals surface area contributed by atoms with Crippen LogP contribution in [-0.4, -0.2) is 71.1 Å². The van der Waals surface area contributed by atoms with Crippen molar-refractivity contribution in [3.05, 3.63) is 59.5 Å². The third kappa shape index (κ3) is 5.40. The van der Waals surface area contributed by atoms with E-state index in [1.54, 1.807) is 24.4 Å². The molecule has 1 aromatic carbocycles. The Morgan fingerprint density at radius 1 is 1.23 bits per heavy atom. The molecule has 13 heteroatoms. The second kappa shape index (κ2) is 10.6. The molecule has 2 N–H and O–H groups in total. The van der Waals surface area contributed by atoms with Gasteiger partial charge in [-0.15, -0.1) is 5.10 Å². The minimum Gasteiger partial charge on any atom is -0.395 e. The summed E-state index contributed by atoms with van der Waals surface area (Å²) in [4.78, 5) is 33.9. The minimum absolute atomic E-state index is 0.111. The van der Waals surface area contributed by atoms with E-state index < -0.39 is 17.8 Å². The number of carbonyl (C=O) groups is 2. The molecule has 2 aliphatic heterocycles. The highest BCUT2D eigenvalue weighted by atomic mass is 19.4. The second-order valence-electron chi connectivity index (χ2n) is 9.27. The van der Waals surface area contributed by atoms with Gasteiger partial charge < -0.3 is 20.1 Å². The maximum Gasteiger partial charge on any atom is 0.435 e. The lowest BCUT2D eigenvalue weighted by Gasteiger charge is -2.36. The number of amides is 2. The maximum absolute atomic E-state index is 13.0. The molecule has 2 aliphatic rings. The number of ether oxygens (including phenoxy) is 1. The number of rotatable bonds is 5. The molecule has 0 saturated carbocycles. The van der Waals surface area contributed by atoms with Gasteiger partial charge in [-0.2, -0.15) is 18.3 Å². The fourth-order valence-electron chi connectivity index (χ4n) is 4.76. The number of morpholine rings is 1. The van der Waals surface area contributed by atoms with E-state index in [-0.39, 0.29) is 37.1 Å². The third-order valence-corrected chi connectivity index (χ3v) is 6.69. The van der Waals surface area contributed by atoms with Gasteiger partial charge >= 0.3 is 6.18 Å². The third-order valence-electron chi connectivity index (χ3n) is 6.69. The molecule has 0 bridgehead atoms. The minimum atomic E-state index is -4.73. The molecule has 0 unspecified atom stereocenters. The van der Waals surface area contributed by atoms with Gasteiger partial charge in [0, 0.05) is 30.4 Å². The number of aryl methyl sites for hydroxylation is 1. The van der Waals surface area contributed by atoms with Gasteiger partial charge in [-0.1, -0.05) is 6.07 Å². The standard InChI is InChI=1S/C26H25F3N6O4/c1-15-2-3-18(32-25(38)17-9-22(26(27,28)29)33-31-13-17)10-20(15)16-8-21-24(30-12-16)35(4-6-36)23(37)11-19-14-39-7-5-34(19)21/h2-3,8-10,12-13,19,36H,4-7,11,14H2,1H3,(H,32,38)/t19-/m1/s1. The first-order valence-corrected chi connectivity index (χ1v) is 12.2. The number of hydrogen-bond donors (Lipinski definition) is 2. The molecular weight excluding hydrogens is 517 g/mol. The van der Waals surface area contributed by atoms with Crippen LogP contribution in [0.2, 0.25) is 0 Å². The Hall–Kier alpha value is -4.10. The molecule has 1 fully saturated rings. The number of carbonyl (C=O) groups excluding carboxylic acids is 2. The summed E-state index contributed by atoms with van der Waals surface area (Å²) in [6.07, 6.45) is -1.91. The van der Waals surface area contributed by atoms with Crippen LogP contribution in [0.1, 0.15) is 28.0 Å². The number of nitrogens with one attached hydrogen (secondary N) is 1. The number of aromatic nitrogens is 3. The number of pyridine rings is 1. The number of β-amino-alcohol motifs (C(OH)–C–C–N with tert-alkyl or cyclic N) is 1. The first kappa shape index (κ1) is 26.5. The molecule has 1 saturated heterocycles. The predicted octanol–water partition coefficient (Wildman–Crippen LogP) is 3.05. The molecule has 10 nitrogen and oxygen atoms in total. The molecule has 39 heavy (non-hydrogen) atoms. The van der Waals surface area contributed by atoms with E-state index in [1.807, 2.05) is 13.0 Å². The van der Waals surface area contributed by atoms with Crippen molar-refractivity contribution in [3.8, 4) is 11.1 Å². The van der Waals surface area contributed by atoms with Gasteiger partial charge in [0.15, 0.2) is 11.5 Å². The number of aliphatic hydroxyl groups is 1. The van der Waals surface area contributed by atoms with Crippen molar-refractivity contribution in [2.45, 2.75) is 25.6 Å². The lowest BCUT2D eigenvalue weighted by molar-refractivity contribution is -0.141. The normalized spacial score (nSPS) is 17.4. The fraction of sp³-hybridized carbons (Fsp3) is 0.346. The lowest BCUT2D eigenvalue weighted by Crippen LogP contribution is -2.46. The smallest absolute Gasteiger partial charge is 0.395 e. The number of hydrogen-bond acceptors (Lipinski definition) is 8. The first-order chi connectivity index (χ1) is 18.7. The zero-order valence-corrected chi connectivity index (χ0v) is 20.9. The van der Waals surface area contributed by atoms with Crippen LogP contribution in [0.25, 0.3) is 11.1 Å². The molecule has 3 aromatic rings. The van der Waals surface area contributed by atoms with Crippen molar-refractivity contribution in [1.82, 2.24) is 15.2 Å². The largest absolute Gasteiger partial charge is 0.435 e. The zero-order valence-electron chi connectivity index (χ0n) is 20.9. The van der Waals surface area contributed by atoms with Crippen molar-refractivity contribution in [2.75, 3.05) is 48.0 Å². The van der Waals surface area contributed by atoms with Crippen LogP contribution >= 0.6 is 0 Å². The summed E-state index contributed by atoms with van der Waals surface area (Å²) >= 11 is 0. The number of benzene rings is 1. The van der Waals surface area contributed by atoms with Crippen molar-refractivity contribution in [3.63, 3.8) is 0 Å². The summed E-state index contributed by atoms with van der Waals surface area (Å²) in [6.45, 7) is 3.23. The van der Waals surface area contributed by atoms with Crippen LogP contribution in [0.5, 0.6) is 0 Å². The maximum atomic E-state index is 13.0. The molecule has 1 atom stereocenters. The number of aliphatic hydroxyl groups excluding tert-OH is 1. The number of anilines is 3. The number of nitrogens with zero attached hydrogens (tertiary/aromatic N) is 5. The Morgan fingerprint density at radius 2 is 2.05 bits per heavy atom. The van der Waals surface area contributed by atoms with Crippen molar-refractivity contribution < 1.29 is 32.6 Å². The summed E-state index contributed by atoms with van der Waals surface area (Å²) in [6, 6.07) is 7.52. The van der Waals surface area contributed by atoms with E-state index in [4.69, 9.17) is 4.74 Å². The SMILES string of the molecule is Cc1ccc(NC(=O)c2cnnc(C(F)(F)F)c2)cc1-c1cnc2c(c1)N1CCOC[C@H]1CC(=O)N2CCO. The summed E-state index contributed by atoms with van der Waals surface area (Å²) < 4.78 is 44.6. The van der Waals surface area contributed by atoms with E-state index >= 15 is 0 Å². The molecule has 204 valence electrons. The van der Waals surface area contributed by atoms with Crippen molar-refractivity contribution >= 4 is 29.0 Å². The van der Waals surface area contributed by atoms with Crippen molar-refractivity contribution in [2.24, 2.45) is 0 Å². The van der Waals surface area contributed by atoms with Gasteiger partial charge in [0.1, 0.15) is 0 Å². The number of fused-ring (bicyclic) bond motifs is 3. The summed E-state index contributed by atoms with van der Waals surface area (Å²) in [5.41, 5.74) is 1.88. The first-order valence-electron chi connectivity index (χ1n) is 12.2. The van der Waals surface area contributed by atoms with E-state index in [1.165, 1.54) is 4.90 Å². The van der Waals surface area contributed by atoms with Crippen LogP contribution in [0, 0.1) is 6.92 Å². The van der Waals surface area contributed by atoms with Crippen molar-refractivity contribution in [1.29, 1.82) is 0 Å². The average Bonchev–Trinajstić information content (AvgIpc) is 3.03. The van der Waals surface area contributed by atoms with E-state index in [0.29, 0.717) is 37.3 Å². The molecule has 0 spiro atoms. The van der Waals surface area contributed by atoms with Gasteiger partial charge in [-0.05, 0) is 42.3 Å². The Kier molecular flexibility index (Phi) is 7.19. The zero-order chi connectivity index (χ0) is 27.7. The Labute approximate surface area is 221 Å². The van der Waals surface area contributed by atoms with Gasteiger partial charge in [0.2, 0.25) is 5.91 Å². The molecule has 5 rings (SSSR count). The fourth-order valence-corrected chi connectivity index (χ4v) is 4.76. The topological polar surface area (TPSA) is 121 Å². The second-order valence-corrected chi connectivity index (χ2v) is 9.27. The van der Waals surface area contributed by atoms with Crippen LogP contribution in [-0.2, 0) is 15.7 Å². The van der Waals surface area contributed by atoms with Crippen LogP contribution < -0.4 is 15.1 Å². The van der Waals surface area contributed by atoms with Gasteiger partial charge in [-0.3, -0.25) is 14.5 Å². The summed E-state index contributed by atoms with van der Waals surface area (Å²) in [7, 11) is 0. The molecule has 0 radical (unpaired) electrons. The highest BCUT2D eigenvalue weighted by Crippen LogP contribution is 2.38. The average molecular weight is 543 g/mol. The van der Waals surface area contributed by atoms with Gasteiger partial charge in [-0.25, -0.2) is 4.98 Å². The molecule has 0 aliphatic carbocycles. The predicted molar refractivity (Wildman–Crippen MR) is 135 cm³/mol. The Balaban J connectivity index is 1.49. The monoisotopic (exact) mass is 542 g/mol. The van der Waals surface area contributed by atoms with E-state index in [0.717, 1.165) is 28.6 Å². The van der Waals surface area contributed by atoms with Crippen LogP contribution in [0.4, 0.5) is 30.4 Å². The Bertz CT molecular complexity index is 1420. The summed E-state index contributed by atoms with van der Waals surface area (Å²) in [5, 5.41) is 18.5. The van der Waals surface area contributed by atoms with E-state index in [2.05, 4.69) is 25.4 Å². The molecule has 4 heterocycles. The van der Waals surface area contributed by atoms with Gasteiger partial charge in [0.25, 0.3) is 5.91 Å². The molecular formula is C26H25F3N6O4. The molecule has 2 amide bonds. The van der Waals surface area contributed by atoms with E-state index in [9.17, 15) is 27.9 Å². The number of halogens is 3. The highest BCUT2D eigenvalue weighted by Gasteiger charge is 2.36.